The third-order valence-corrected chi connectivity index (χ3v) is 18.9. The largest absolute Gasteiger partial charge is 2.00 e. The summed E-state index contributed by atoms with van der Waals surface area (Å²) in [7, 11) is -3.13. The molecule has 0 amide bonds. The number of benzene rings is 10. The van der Waals surface area contributed by atoms with Crippen molar-refractivity contribution in [3.63, 3.8) is 0 Å². The zero-order valence-corrected chi connectivity index (χ0v) is 41.0. The zero-order chi connectivity index (χ0) is 45.5. The van der Waals surface area contributed by atoms with Crippen molar-refractivity contribution in [2.24, 2.45) is 0 Å². The van der Waals surface area contributed by atoms with Gasteiger partial charge < -0.3 is 4.57 Å². The zero-order valence-electron chi connectivity index (χ0n) is 37.7. The van der Waals surface area contributed by atoms with Crippen LogP contribution in [0.4, 0.5) is 22.7 Å². The van der Waals surface area contributed by atoms with Crippen LogP contribution in [0.1, 0.15) is 0 Å². The van der Waals surface area contributed by atoms with E-state index in [9.17, 15) is 0 Å². The smallest absolute Gasteiger partial charge is 0.319 e. The Morgan fingerprint density at radius 3 is 1.74 bits per heavy atom. The van der Waals surface area contributed by atoms with Crippen LogP contribution in [-0.4, -0.2) is 23.6 Å². The van der Waals surface area contributed by atoms with Gasteiger partial charge in [-0.05, 0) is 90.4 Å². The van der Waals surface area contributed by atoms with Gasteiger partial charge in [0.05, 0.1) is 16.5 Å². The Balaban J connectivity index is 0.00000480. The molecule has 0 N–H and O–H groups in total. The van der Waals surface area contributed by atoms with E-state index in [-0.39, 0.29) is 21.1 Å². The summed E-state index contributed by atoms with van der Waals surface area (Å²) in [4.78, 5) is 4.89. The van der Waals surface area contributed by atoms with Crippen LogP contribution in [0.5, 0.6) is 0 Å². The van der Waals surface area contributed by atoms with Crippen LogP contribution in [0, 0.1) is 12.1 Å². The summed E-state index contributed by atoms with van der Waals surface area (Å²) in [6.07, 6.45) is 1.87. The average Bonchev–Trinajstić information content (AvgIpc) is 4.08. The second-order valence-electron chi connectivity index (χ2n) is 17.8. The normalized spacial score (nSPS) is 13.1. The van der Waals surface area contributed by atoms with E-state index in [0.29, 0.717) is 0 Å². The van der Waals surface area contributed by atoms with E-state index in [4.69, 9.17) is 4.98 Å². The first-order valence-electron chi connectivity index (χ1n) is 23.5. The van der Waals surface area contributed by atoms with Gasteiger partial charge in [-0.1, -0.05) is 174 Å². The molecule has 0 aliphatic carbocycles. The van der Waals surface area contributed by atoms with Crippen molar-refractivity contribution < 1.29 is 21.1 Å². The van der Waals surface area contributed by atoms with Gasteiger partial charge in [-0.2, -0.15) is 40.7 Å². The molecule has 0 spiro atoms. The van der Waals surface area contributed by atoms with Gasteiger partial charge in [-0.15, -0.1) is 11.5 Å². The number of nitrogens with zero attached hydrogens (tertiary/aromatic N) is 4. The standard InChI is InChI=1S/C64H40N4Si.Pt/c1-3-19-44(20-4-1)50-30-18-31-51(45-21-5-2-6-22-45)63(50)67-43-66(58-39-36-46-23-7-8-26-52(46)64(58)67)47-24-17-25-48(41-47)69(60-33-13-10-28-55(60)56-29-11-14-34-61(56)69)49-37-38-54-53-27-9-12-32-57(53)68(59(54)42-49)62-35-15-16-40-65-62;/h1-40H;/q;+2. The number of para-hydroxylation sites is 2. The molecule has 4 heterocycles. The molecule has 2 aromatic heterocycles. The second kappa shape index (κ2) is 16.7. The molecule has 328 valence electrons. The predicted molar refractivity (Wildman–Crippen MR) is 288 cm³/mol. The van der Waals surface area contributed by atoms with Crippen molar-refractivity contribution in [1.82, 2.24) is 18.7 Å². The minimum atomic E-state index is -3.13. The molecule has 70 heavy (non-hydrogen) atoms. The van der Waals surface area contributed by atoms with Gasteiger partial charge in [0.15, 0.2) is 0 Å². The van der Waals surface area contributed by atoms with Crippen molar-refractivity contribution in [1.29, 1.82) is 0 Å². The molecule has 0 bridgehead atoms. The summed E-state index contributed by atoms with van der Waals surface area (Å²) in [6.45, 7) is 0. The third-order valence-electron chi connectivity index (χ3n) is 14.2. The molecule has 12 aromatic rings. The van der Waals surface area contributed by atoms with E-state index in [1.165, 1.54) is 37.5 Å². The van der Waals surface area contributed by atoms with E-state index in [0.717, 1.165) is 77.8 Å². The Morgan fingerprint density at radius 2 is 1.03 bits per heavy atom. The van der Waals surface area contributed by atoms with Gasteiger partial charge >= 0.3 is 32.8 Å². The van der Waals surface area contributed by atoms with Crippen molar-refractivity contribution in [3.8, 4) is 39.2 Å². The van der Waals surface area contributed by atoms with Crippen LogP contribution in [0.3, 0.4) is 0 Å². The first-order valence-corrected chi connectivity index (χ1v) is 25.5. The van der Waals surface area contributed by atoms with Crippen LogP contribution in [0.25, 0.3) is 71.8 Å². The number of pyridine rings is 1. The number of rotatable bonds is 7. The summed E-state index contributed by atoms with van der Waals surface area (Å²) in [5.41, 5.74) is 13.3. The summed E-state index contributed by atoms with van der Waals surface area (Å²) >= 11 is 0. The first-order chi connectivity index (χ1) is 34.3. The Hall–Kier alpha value is -8.30. The maximum Gasteiger partial charge on any atom is 2.00 e. The molecule has 0 fully saturated rings. The monoisotopic (exact) mass is 1090 g/mol. The molecule has 0 radical (unpaired) electrons. The fourth-order valence-corrected chi connectivity index (χ4v) is 16.3. The maximum atomic E-state index is 4.89. The minimum absolute atomic E-state index is 0. The van der Waals surface area contributed by atoms with E-state index < -0.39 is 8.07 Å². The van der Waals surface area contributed by atoms with Crippen molar-refractivity contribution >= 4 is 90.2 Å². The topological polar surface area (TPSA) is 23.8 Å². The summed E-state index contributed by atoms with van der Waals surface area (Å²) < 4.78 is 6.83. The molecule has 10 aromatic carbocycles. The molecule has 2 aliphatic rings. The van der Waals surface area contributed by atoms with Gasteiger partial charge in [0, 0.05) is 17.8 Å². The summed E-state index contributed by atoms with van der Waals surface area (Å²) in [5, 5.41) is 9.65. The molecule has 0 saturated heterocycles. The van der Waals surface area contributed by atoms with Gasteiger partial charge in [0.2, 0.25) is 5.69 Å². The number of hydrogen-bond donors (Lipinski definition) is 0. The molecule has 2 aliphatic heterocycles. The van der Waals surface area contributed by atoms with Crippen LogP contribution >= 0.6 is 0 Å². The Kier molecular flexibility index (Phi) is 10.0. The molecule has 0 atom stereocenters. The van der Waals surface area contributed by atoms with E-state index in [2.05, 4.69) is 262 Å². The van der Waals surface area contributed by atoms with E-state index in [1.807, 2.05) is 12.3 Å². The van der Waals surface area contributed by atoms with E-state index in [1.54, 1.807) is 0 Å². The van der Waals surface area contributed by atoms with Crippen LogP contribution in [-0.2, 0) is 21.1 Å². The first kappa shape index (κ1) is 41.8. The number of fused-ring (bicyclic) bond motifs is 9. The van der Waals surface area contributed by atoms with Crippen LogP contribution in [0.15, 0.2) is 243 Å². The third kappa shape index (κ3) is 6.23. The SMILES string of the molecule is C1=[N+](c2[c-]c([Si]3(c4[c-]c5c(cc4)c4ccccc4n5-c4ccccn4)c4ccccc4-c4ccccc43)ccc2)c2ccc3ccccc3c2[N+]=1c1c(-c2ccccc2)cccc1-c1ccccc1.[Pt+2]. The Morgan fingerprint density at radius 1 is 0.429 bits per heavy atom. The van der Waals surface area contributed by atoms with Gasteiger partial charge in [-0.3, -0.25) is 0 Å². The average molecular weight is 1090 g/mol. The van der Waals surface area contributed by atoms with Gasteiger partial charge in [0.25, 0.3) is 5.69 Å². The predicted octanol–water partition coefficient (Wildman–Crippen LogP) is 12.5. The molecular formula is C64H40N4PtSi+2. The van der Waals surface area contributed by atoms with E-state index >= 15 is 0 Å². The van der Waals surface area contributed by atoms with Gasteiger partial charge in [-0.25, -0.2) is 4.98 Å². The summed E-state index contributed by atoms with van der Waals surface area (Å²) in [5.74, 6) is 0.869. The number of aromatic nitrogens is 2. The minimum Gasteiger partial charge on any atom is -0.319 e. The molecule has 0 unspecified atom stereocenters. The Labute approximate surface area is 421 Å². The fraction of sp³-hybridized carbons (Fsp3) is 0. The molecule has 6 heteroatoms. The molecule has 4 nitrogen and oxygen atoms in total. The van der Waals surface area contributed by atoms with Crippen molar-refractivity contribution in [3.05, 3.63) is 255 Å². The van der Waals surface area contributed by atoms with Crippen molar-refractivity contribution in [2.45, 2.75) is 0 Å². The van der Waals surface area contributed by atoms with Crippen molar-refractivity contribution in [2.75, 3.05) is 0 Å². The second-order valence-corrected chi connectivity index (χ2v) is 21.5. The van der Waals surface area contributed by atoms with Gasteiger partial charge in [0.1, 0.15) is 19.6 Å². The fourth-order valence-electron chi connectivity index (χ4n) is 11.3. The summed E-state index contributed by atoms with van der Waals surface area (Å²) in [6, 6.07) is 97.9. The maximum absolute atomic E-state index is 4.89. The molecule has 14 rings (SSSR count). The molecular weight excluding hydrogens is 1050 g/mol. The molecule has 0 saturated carbocycles. The van der Waals surface area contributed by atoms with Crippen LogP contribution < -0.4 is 29.9 Å². The number of hydrogen-bond acceptors (Lipinski definition) is 1. The quantitative estimate of drug-likeness (QED) is 0.0886. The van der Waals surface area contributed by atoms with Crippen LogP contribution in [0.2, 0.25) is 0 Å². The Bertz CT molecular complexity index is 4020.